The number of rotatable bonds is 8. The monoisotopic (exact) mass is 459 g/mol. The van der Waals surface area contributed by atoms with Crippen molar-refractivity contribution in [3.05, 3.63) is 46.3 Å². The van der Waals surface area contributed by atoms with Gasteiger partial charge in [0.15, 0.2) is 5.96 Å². The average Bonchev–Trinajstić information content (AvgIpc) is 3.00. The van der Waals surface area contributed by atoms with E-state index in [9.17, 15) is 0 Å². The largest absolute Gasteiger partial charge is 0.370 e. The number of aryl methyl sites for hydroxylation is 1. The van der Waals surface area contributed by atoms with Gasteiger partial charge in [0, 0.05) is 36.1 Å². The van der Waals surface area contributed by atoms with Crippen LogP contribution in [-0.4, -0.2) is 31.1 Å². The summed E-state index contributed by atoms with van der Waals surface area (Å²) < 4.78 is 0. The Bertz CT molecular complexity index is 600. The molecule has 0 unspecified atom stereocenters. The Labute approximate surface area is 165 Å². The molecule has 0 aliphatic carbocycles. The van der Waals surface area contributed by atoms with Gasteiger partial charge in [0.1, 0.15) is 5.82 Å². The van der Waals surface area contributed by atoms with Gasteiger partial charge in [-0.3, -0.25) is 4.99 Å². The number of halogens is 1. The first-order valence-electron chi connectivity index (χ1n) is 7.92. The van der Waals surface area contributed by atoms with E-state index < -0.39 is 0 Å². The highest BCUT2D eigenvalue weighted by atomic mass is 127. The van der Waals surface area contributed by atoms with Gasteiger partial charge in [-0.05, 0) is 44.0 Å². The zero-order chi connectivity index (χ0) is 16.3. The minimum absolute atomic E-state index is 0. The molecule has 7 heteroatoms. The predicted molar refractivity (Wildman–Crippen MR) is 115 cm³/mol. The van der Waals surface area contributed by atoms with Crippen LogP contribution < -0.4 is 16.0 Å². The highest BCUT2D eigenvalue weighted by Gasteiger charge is 2.00. The normalized spacial score (nSPS) is 10.8. The molecular weight excluding hydrogens is 433 g/mol. The van der Waals surface area contributed by atoms with Gasteiger partial charge in [-0.15, -0.1) is 35.3 Å². The summed E-state index contributed by atoms with van der Waals surface area (Å²) >= 11 is 1.81. The van der Waals surface area contributed by atoms with Crippen LogP contribution in [0.15, 0.2) is 41.5 Å². The molecule has 0 bridgehead atoms. The van der Waals surface area contributed by atoms with E-state index in [1.807, 2.05) is 29.5 Å². The Morgan fingerprint density at radius 2 is 1.96 bits per heavy atom. The molecule has 132 valence electrons. The Balaban J connectivity index is 0.00000288. The lowest BCUT2D eigenvalue weighted by Crippen LogP contribution is -2.37. The maximum atomic E-state index is 4.25. The molecule has 0 saturated heterocycles. The Morgan fingerprint density at radius 1 is 1.12 bits per heavy atom. The summed E-state index contributed by atoms with van der Waals surface area (Å²) in [7, 11) is 1.80. The van der Waals surface area contributed by atoms with Crippen LogP contribution in [0.1, 0.15) is 22.6 Å². The van der Waals surface area contributed by atoms with Gasteiger partial charge in [0.2, 0.25) is 0 Å². The molecule has 0 saturated carbocycles. The van der Waals surface area contributed by atoms with Crippen molar-refractivity contribution in [2.45, 2.75) is 26.3 Å². The van der Waals surface area contributed by atoms with Crippen molar-refractivity contribution < 1.29 is 0 Å². The second kappa shape index (κ2) is 12.1. The summed E-state index contributed by atoms with van der Waals surface area (Å²) in [6, 6.07) is 10.2. The van der Waals surface area contributed by atoms with Crippen molar-refractivity contribution in [2.75, 3.05) is 25.5 Å². The molecule has 2 aromatic rings. The van der Waals surface area contributed by atoms with E-state index in [1.54, 1.807) is 13.2 Å². The molecule has 0 aliphatic rings. The number of thiophene rings is 1. The van der Waals surface area contributed by atoms with Gasteiger partial charge in [0.05, 0.1) is 6.54 Å². The fraction of sp³-hybridized carbons (Fsp3) is 0.412. The van der Waals surface area contributed by atoms with Crippen LogP contribution in [0, 0.1) is 6.92 Å². The fourth-order valence-electron chi connectivity index (χ4n) is 2.11. The molecule has 24 heavy (non-hydrogen) atoms. The zero-order valence-corrected chi connectivity index (χ0v) is 17.4. The zero-order valence-electron chi connectivity index (χ0n) is 14.2. The Morgan fingerprint density at radius 3 is 2.62 bits per heavy atom. The molecule has 5 nitrogen and oxygen atoms in total. The minimum Gasteiger partial charge on any atom is -0.370 e. The number of pyridine rings is 1. The van der Waals surface area contributed by atoms with E-state index in [2.05, 4.69) is 45.0 Å². The summed E-state index contributed by atoms with van der Waals surface area (Å²) in [5.74, 6) is 1.79. The molecule has 0 radical (unpaired) electrons. The lowest BCUT2D eigenvalue weighted by atomic mass is 10.3. The van der Waals surface area contributed by atoms with E-state index in [1.165, 1.54) is 9.75 Å². The third-order valence-electron chi connectivity index (χ3n) is 3.32. The van der Waals surface area contributed by atoms with Gasteiger partial charge >= 0.3 is 0 Å². The maximum absolute atomic E-state index is 4.25. The summed E-state index contributed by atoms with van der Waals surface area (Å²) in [4.78, 5) is 11.1. The van der Waals surface area contributed by atoms with Crippen molar-refractivity contribution in [2.24, 2.45) is 4.99 Å². The van der Waals surface area contributed by atoms with Crippen molar-refractivity contribution >= 4 is 47.1 Å². The first-order chi connectivity index (χ1) is 11.3. The van der Waals surface area contributed by atoms with Crippen LogP contribution >= 0.6 is 35.3 Å². The predicted octanol–water partition coefficient (Wildman–Crippen LogP) is 3.63. The quantitative estimate of drug-likeness (QED) is 0.244. The third-order valence-corrected chi connectivity index (χ3v) is 4.32. The van der Waals surface area contributed by atoms with Gasteiger partial charge in [0.25, 0.3) is 0 Å². The average molecular weight is 459 g/mol. The van der Waals surface area contributed by atoms with Gasteiger partial charge < -0.3 is 16.0 Å². The van der Waals surface area contributed by atoms with Crippen LogP contribution in [-0.2, 0) is 6.54 Å². The number of nitrogens with one attached hydrogen (secondary N) is 3. The summed E-state index contributed by atoms with van der Waals surface area (Å²) in [5, 5.41) is 10.00. The molecule has 0 atom stereocenters. The summed E-state index contributed by atoms with van der Waals surface area (Å²) in [6.45, 7) is 4.78. The first kappa shape index (κ1) is 20.7. The number of hydrogen-bond acceptors (Lipinski definition) is 4. The second-order valence-corrected chi connectivity index (χ2v) is 6.59. The maximum Gasteiger partial charge on any atom is 0.191 e. The van der Waals surface area contributed by atoms with E-state index >= 15 is 0 Å². The molecular formula is C17H26IN5S. The highest BCUT2D eigenvalue weighted by Crippen LogP contribution is 2.14. The summed E-state index contributed by atoms with van der Waals surface area (Å²) in [5.41, 5.74) is 0. The molecule has 0 fully saturated rings. The highest BCUT2D eigenvalue weighted by molar-refractivity contribution is 14.0. The minimum atomic E-state index is 0. The number of guanidine groups is 1. The molecule has 0 spiro atoms. The molecule has 3 N–H and O–H groups in total. The van der Waals surface area contributed by atoms with E-state index in [0.717, 1.165) is 44.3 Å². The lowest BCUT2D eigenvalue weighted by Gasteiger charge is -2.11. The van der Waals surface area contributed by atoms with Crippen molar-refractivity contribution in [1.29, 1.82) is 0 Å². The number of anilines is 1. The Hall–Kier alpha value is -1.35. The van der Waals surface area contributed by atoms with Crippen molar-refractivity contribution in [3.8, 4) is 0 Å². The molecule has 2 heterocycles. The number of hydrogen-bond donors (Lipinski definition) is 3. The van der Waals surface area contributed by atoms with E-state index in [4.69, 9.17) is 0 Å². The van der Waals surface area contributed by atoms with Crippen molar-refractivity contribution in [1.82, 2.24) is 15.6 Å². The second-order valence-electron chi connectivity index (χ2n) is 5.21. The van der Waals surface area contributed by atoms with Crippen molar-refractivity contribution in [3.63, 3.8) is 0 Å². The molecule has 0 aromatic carbocycles. The van der Waals surface area contributed by atoms with E-state index in [-0.39, 0.29) is 24.0 Å². The van der Waals surface area contributed by atoms with Gasteiger partial charge in [-0.1, -0.05) is 6.07 Å². The van der Waals surface area contributed by atoms with Gasteiger partial charge in [-0.25, -0.2) is 4.98 Å². The smallest absolute Gasteiger partial charge is 0.191 e. The topological polar surface area (TPSA) is 61.3 Å². The van der Waals surface area contributed by atoms with Crippen LogP contribution in [0.3, 0.4) is 0 Å². The third kappa shape index (κ3) is 7.96. The first-order valence-corrected chi connectivity index (χ1v) is 8.74. The number of aromatic nitrogens is 1. The van der Waals surface area contributed by atoms with E-state index in [0.29, 0.717) is 0 Å². The number of nitrogens with zero attached hydrogens (tertiary/aromatic N) is 2. The van der Waals surface area contributed by atoms with Crippen LogP contribution in [0.25, 0.3) is 0 Å². The molecule has 2 rings (SSSR count). The standard InChI is InChI=1S/C17H25N5S.HI/c1-14-8-9-15(23-14)13-22-17(18-2)21-12-6-5-11-20-16-7-3-4-10-19-16;/h3-4,7-10H,5-6,11-13H2,1-2H3,(H,19,20)(H2,18,21,22);1H. The molecule has 0 amide bonds. The van der Waals surface area contributed by atoms with Crippen LogP contribution in [0.4, 0.5) is 5.82 Å². The fourth-order valence-corrected chi connectivity index (χ4v) is 2.94. The lowest BCUT2D eigenvalue weighted by molar-refractivity contribution is 0.712. The Kier molecular flexibility index (Phi) is 10.4. The molecule has 2 aromatic heterocycles. The summed E-state index contributed by atoms with van der Waals surface area (Å²) in [6.07, 6.45) is 3.97. The SMILES string of the molecule is CN=C(NCCCCNc1ccccn1)NCc1ccc(C)s1.I. The number of unbranched alkanes of at least 4 members (excludes halogenated alkanes) is 1. The molecule has 0 aliphatic heterocycles. The van der Waals surface area contributed by atoms with Gasteiger partial charge in [-0.2, -0.15) is 0 Å². The number of aliphatic imine (C=N–C) groups is 1. The van der Waals surface area contributed by atoms with Crippen LogP contribution in [0.5, 0.6) is 0 Å². The van der Waals surface area contributed by atoms with Crippen LogP contribution in [0.2, 0.25) is 0 Å².